The maximum Gasteiger partial charge on any atom is 0.339 e. The highest BCUT2D eigenvalue weighted by Crippen LogP contribution is 2.24. The molecular formula is C25H18N4O6. The van der Waals surface area contributed by atoms with E-state index in [1.165, 1.54) is 12.1 Å². The van der Waals surface area contributed by atoms with Crippen molar-refractivity contribution in [2.45, 2.75) is 13.2 Å². The molecule has 0 saturated carbocycles. The van der Waals surface area contributed by atoms with Crippen LogP contribution >= 0.6 is 0 Å². The Morgan fingerprint density at radius 1 is 0.943 bits per heavy atom. The number of benzene rings is 3. The van der Waals surface area contributed by atoms with Crippen molar-refractivity contribution in [3.8, 4) is 17.2 Å². The summed E-state index contributed by atoms with van der Waals surface area (Å²) in [6.45, 7) is 0.193. The van der Waals surface area contributed by atoms with Crippen LogP contribution in [0.2, 0.25) is 0 Å². The number of ether oxygens (including phenoxy) is 2. The van der Waals surface area contributed by atoms with Crippen molar-refractivity contribution >= 4 is 16.7 Å². The second-order valence-corrected chi connectivity index (χ2v) is 7.54. The standard InChI is InChI=1S/C25H18N4O6/c30-25-13-24(21-6-2-4-8-23(21)35-25)34-16-18-14-28(27-26-18)19-9-11-20(12-10-19)33-15-17-5-1-3-7-22(17)29(31)32/h1-14H,15-16H2. The Labute approximate surface area is 198 Å². The van der Waals surface area contributed by atoms with E-state index in [4.69, 9.17) is 13.9 Å². The number of rotatable bonds is 8. The normalized spacial score (nSPS) is 10.9. The van der Waals surface area contributed by atoms with Crippen molar-refractivity contribution in [2.75, 3.05) is 0 Å². The Hall–Kier alpha value is -4.99. The molecule has 0 N–H and O–H groups in total. The first-order valence-electron chi connectivity index (χ1n) is 10.6. The maximum atomic E-state index is 11.8. The van der Waals surface area contributed by atoms with E-state index in [1.807, 2.05) is 12.1 Å². The van der Waals surface area contributed by atoms with Crippen LogP contribution in [-0.2, 0) is 13.2 Å². The number of hydrogen-bond acceptors (Lipinski definition) is 8. The third kappa shape index (κ3) is 4.86. The molecule has 5 rings (SSSR count). The monoisotopic (exact) mass is 470 g/mol. The minimum Gasteiger partial charge on any atom is -0.489 e. The summed E-state index contributed by atoms with van der Waals surface area (Å²) in [4.78, 5) is 22.5. The highest BCUT2D eigenvalue weighted by molar-refractivity contribution is 5.82. The zero-order valence-electron chi connectivity index (χ0n) is 18.2. The molecule has 0 spiro atoms. The number of aromatic nitrogens is 3. The predicted molar refractivity (Wildman–Crippen MR) is 126 cm³/mol. The summed E-state index contributed by atoms with van der Waals surface area (Å²) in [5, 5.41) is 20.1. The summed E-state index contributed by atoms with van der Waals surface area (Å²) >= 11 is 0. The van der Waals surface area contributed by atoms with E-state index in [1.54, 1.807) is 65.5 Å². The average molecular weight is 470 g/mol. The fourth-order valence-corrected chi connectivity index (χ4v) is 3.51. The van der Waals surface area contributed by atoms with Gasteiger partial charge in [0.25, 0.3) is 5.69 Å². The summed E-state index contributed by atoms with van der Waals surface area (Å²) in [6.07, 6.45) is 1.72. The van der Waals surface area contributed by atoms with Crippen LogP contribution in [0.1, 0.15) is 11.3 Å². The van der Waals surface area contributed by atoms with Gasteiger partial charge < -0.3 is 13.9 Å². The summed E-state index contributed by atoms with van der Waals surface area (Å²) in [6, 6.07) is 22.0. The minimum atomic E-state index is -0.494. The van der Waals surface area contributed by atoms with Crippen LogP contribution in [0.3, 0.4) is 0 Å². The first kappa shape index (κ1) is 21.8. The van der Waals surface area contributed by atoms with E-state index in [9.17, 15) is 14.9 Å². The van der Waals surface area contributed by atoms with E-state index in [0.717, 1.165) is 5.69 Å². The number of nitrogens with zero attached hydrogens (tertiary/aromatic N) is 4. The third-order valence-corrected chi connectivity index (χ3v) is 5.21. The lowest BCUT2D eigenvalue weighted by molar-refractivity contribution is -0.385. The van der Waals surface area contributed by atoms with Gasteiger partial charge in [-0.25, -0.2) is 9.48 Å². The van der Waals surface area contributed by atoms with Gasteiger partial charge in [-0.3, -0.25) is 10.1 Å². The number of fused-ring (bicyclic) bond motifs is 1. The molecular weight excluding hydrogens is 452 g/mol. The minimum absolute atomic E-state index is 0.0193. The van der Waals surface area contributed by atoms with Gasteiger partial charge in [-0.05, 0) is 42.5 Å². The zero-order valence-corrected chi connectivity index (χ0v) is 18.2. The van der Waals surface area contributed by atoms with Gasteiger partial charge in [0, 0.05) is 6.07 Å². The lowest BCUT2D eigenvalue weighted by Gasteiger charge is -2.08. The summed E-state index contributed by atoms with van der Waals surface area (Å²) in [5.74, 6) is 0.969. The molecule has 0 atom stereocenters. The van der Waals surface area contributed by atoms with Crippen LogP contribution in [0.25, 0.3) is 16.7 Å². The Bertz CT molecular complexity index is 1560. The van der Waals surface area contributed by atoms with E-state index in [0.29, 0.717) is 33.7 Å². The summed E-state index contributed by atoms with van der Waals surface area (Å²) in [5.41, 5.74) is 1.78. The highest BCUT2D eigenvalue weighted by Gasteiger charge is 2.13. The van der Waals surface area contributed by atoms with Crippen LogP contribution in [0.5, 0.6) is 11.5 Å². The molecule has 0 unspecified atom stereocenters. The molecule has 2 aromatic heterocycles. The quantitative estimate of drug-likeness (QED) is 0.185. The third-order valence-electron chi connectivity index (χ3n) is 5.21. The Kier molecular flexibility index (Phi) is 5.91. The summed E-state index contributed by atoms with van der Waals surface area (Å²) in [7, 11) is 0. The van der Waals surface area contributed by atoms with Crippen molar-refractivity contribution in [3.05, 3.63) is 117 Å². The number of nitro benzene ring substituents is 1. The van der Waals surface area contributed by atoms with Gasteiger partial charge in [-0.2, -0.15) is 0 Å². The molecule has 10 heteroatoms. The largest absolute Gasteiger partial charge is 0.489 e. The molecule has 35 heavy (non-hydrogen) atoms. The molecule has 10 nitrogen and oxygen atoms in total. The topological polar surface area (TPSA) is 123 Å². The number of nitro groups is 1. The predicted octanol–water partition coefficient (Wildman–Crippen LogP) is 4.44. The van der Waals surface area contributed by atoms with Crippen LogP contribution in [0.4, 0.5) is 5.69 Å². The van der Waals surface area contributed by atoms with Crippen molar-refractivity contribution in [3.63, 3.8) is 0 Å². The lowest BCUT2D eigenvalue weighted by atomic mass is 10.2. The molecule has 0 saturated heterocycles. The molecule has 2 heterocycles. The molecule has 0 fully saturated rings. The Morgan fingerprint density at radius 2 is 1.71 bits per heavy atom. The smallest absolute Gasteiger partial charge is 0.339 e. The molecule has 5 aromatic rings. The van der Waals surface area contributed by atoms with Crippen molar-refractivity contribution in [2.24, 2.45) is 0 Å². The second kappa shape index (κ2) is 9.48. The van der Waals surface area contributed by atoms with E-state index in [-0.39, 0.29) is 18.9 Å². The molecule has 0 amide bonds. The highest BCUT2D eigenvalue weighted by atomic mass is 16.6. The van der Waals surface area contributed by atoms with E-state index in [2.05, 4.69) is 10.3 Å². The van der Waals surface area contributed by atoms with Gasteiger partial charge in [0.1, 0.15) is 36.0 Å². The van der Waals surface area contributed by atoms with Gasteiger partial charge in [-0.1, -0.05) is 29.5 Å². The first-order chi connectivity index (χ1) is 17.1. The second-order valence-electron chi connectivity index (χ2n) is 7.54. The molecule has 3 aromatic carbocycles. The van der Waals surface area contributed by atoms with Gasteiger partial charge in [0.05, 0.1) is 33.8 Å². The van der Waals surface area contributed by atoms with Gasteiger partial charge >= 0.3 is 5.63 Å². The molecule has 0 aliphatic heterocycles. The molecule has 0 aliphatic rings. The zero-order chi connectivity index (χ0) is 24.2. The lowest BCUT2D eigenvalue weighted by Crippen LogP contribution is -2.02. The van der Waals surface area contributed by atoms with Crippen molar-refractivity contribution in [1.29, 1.82) is 0 Å². The Morgan fingerprint density at radius 3 is 2.54 bits per heavy atom. The van der Waals surface area contributed by atoms with Crippen LogP contribution in [-0.4, -0.2) is 19.9 Å². The number of hydrogen-bond donors (Lipinski definition) is 0. The van der Waals surface area contributed by atoms with Crippen LogP contribution < -0.4 is 15.1 Å². The SMILES string of the molecule is O=c1cc(OCc2cn(-c3ccc(OCc4ccccc4[N+](=O)[O-])cc3)nn2)c2ccccc2o1. The van der Waals surface area contributed by atoms with Crippen molar-refractivity contribution < 1.29 is 18.8 Å². The first-order valence-corrected chi connectivity index (χ1v) is 10.6. The fraction of sp³-hybridized carbons (Fsp3) is 0.0800. The Balaban J connectivity index is 1.24. The number of para-hydroxylation sites is 2. The summed E-state index contributed by atoms with van der Waals surface area (Å²) < 4.78 is 18.3. The van der Waals surface area contributed by atoms with E-state index >= 15 is 0 Å². The average Bonchev–Trinajstić information content (AvgIpc) is 3.35. The molecule has 174 valence electrons. The van der Waals surface area contributed by atoms with Gasteiger partial charge in [0.15, 0.2) is 0 Å². The maximum absolute atomic E-state index is 11.8. The molecule has 0 radical (unpaired) electrons. The van der Waals surface area contributed by atoms with Crippen molar-refractivity contribution in [1.82, 2.24) is 15.0 Å². The molecule has 0 aliphatic carbocycles. The van der Waals surface area contributed by atoms with E-state index < -0.39 is 10.5 Å². The van der Waals surface area contributed by atoms with Crippen LogP contribution in [0, 0.1) is 10.1 Å². The van der Waals surface area contributed by atoms with Gasteiger partial charge in [0.2, 0.25) is 0 Å². The molecule has 0 bridgehead atoms. The fourth-order valence-electron chi connectivity index (χ4n) is 3.51. The van der Waals surface area contributed by atoms with Gasteiger partial charge in [-0.15, -0.1) is 5.10 Å². The van der Waals surface area contributed by atoms with Crippen LogP contribution in [0.15, 0.2) is 94.3 Å².